The van der Waals surface area contributed by atoms with E-state index in [2.05, 4.69) is 0 Å². The van der Waals surface area contributed by atoms with E-state index in [1.54, 1.807) is 0 Å². The minimum atomic E-state index is -1.75. The first-order valence-electron chi connectivity index (χ1n) is 4.90. The Morgan fingerprint density at radius 2 is 1.81 bits per heavy atom. The highest BCUT2D eigenvalue weighted by molar-refractivity contribution is 6.66. The van der Waals surface area contributed by atoms with Gasteiger partial charge in [0.05, 0.1) is 37.3 Å². The molecule has 0 rings (SSSR count). The molecule has 0 aromatic rings. The summed E-state index contributed by atoms with van der Waals surface area (Å²) in [7, 11) is 0.777. The standard InChI is InChI=1S/C6H20O6Si4/c7-1-2(8)3(9)5(11,14)6(15,12-16)4(10)13/h2-3,7-9,11H,1H2,13-16H3/t2-,3-,5-,6-/m1/s1. The first-order valence-corrected chi connectivity index (χ1v) is 8.72. The summed E-state index contributed by atoms with van der Waals surface area (Å²) >= 11 is 0. The Morgan fingerprint density at radius 1 is 1.38 bits per heavy atom. The molecule has 16 heavy (non-hydrogen) atoms. The van der Waals surface area contributed by atoms with Crippen LogP contribution in [-0.4, -0.2) is 96.3 Å². The zero-order valence-electron chi connectivity index (χ0n) is 9.97. The third-order valence-corrected chi connectivity index (χ3v) is 11.4. The van der Waals surface area contributed by atoms with Crippen LogP contribution in [0.1, 0.15) is 0 Å². The van der Waals surface area contributed by atoms with E-state index in [1.165, 1.54) is 0 Å². The van der Waals surface area contributed by atoms with Crippen LogP contribution in [-0.2, 0) is 9.22 Å². The molecule has 0 fully saturated rings. The fraction of sp³-hybridized carbons (Fsp3) is 0.833. The summed E-state index contributed by atoms with van der Waals surface area (Å²) in [5.74, 6) is 0. The van der Waals surface area contributed by atoms with Gasteiger partial charge in [-0.2, -0.15) is 0 Å². The van der Waals surface area contributed by atoms with Crippen molar-refractivity contribution in [3.8, 4) is 0 Å². The first kappa shape index (κ1) is 16.3. The van der Waals surface area contributed by atoms with E-state index in [-0.39, 0.29) is 46.6 Å². The molecule has 0 aromatic carbocycles. The van der Waals surface area contributed by atoms with Gasteiger partial charge in [-0.15, -0.1) is 0 Å². The lowest BCUT2D eigenvalue weighted by Gasteiger charge is -2.44. The molecule has 4 atom stereocenters. The second kappa shape index (κ2) is 5.79. The molecule has 0 spiro atoms. The van der Waals surface area contributed by atoms with E-state index in [4.69, 9.17) is 9.53 Å². The van der Waals surface area contributed by atoms with Crippen molar-refractivity contribution in [1.29, 1.82) is 0 Å². The van der Waals surface area contributed by atoms with Crippen LogP contribution in [0.15, 0.2) is 0 Å². The number of aliphatic hydroxyl groups is 4. The van der Waals surface area contributed by atoms with Gasteiger partial charge in [-0.3, -0.25) is 0 Å². The van der Waals surface area contributed by atoms with E-state index >= 15 is 0 Å². The molecule has 0 saturated heterocycles. The molecule has 0 aliphatic carbocycles. The average molecular weight is 301 g/mol. The Kier molecular flexibility index (Phi) is 5.91. The molecule has 0 aliphatic rings. The molecule has 0 radical (unpaired) electrons. The van der Waals surface area contributed by atoms with Gasteiger partial charge in [-0.1, -0.05) is 0 Å². The molecule has 0 aromatic heterocycles. The molecular formula is C6H20O6Si4. The lowest BCUT2D eigenvalue weighted by Crippen LogP contribution is -2.70. The zero-order chi connectivity index (χ0) is 13.1. The zero-order valence-corrected chi connectivity index (χ0v) is 18.0. The Morgan fingerprint density at radius 3 is 2.06 bits per heavy atom. The van der Waals surface area contributed by atoms with Crippen molar-refractivity contribution in [2.45, 2.75) is 22.7 Å². The van der Waals surface area contributed by atoms with Crippen LogP contribution in [0.5, 0.6) is 0 Å². The highest BCUT2D eigenvalue weighted by Crippen LogP contribution is 2.25. The largest absolute Gasteiger partial charge is 0.417 e. The van der Waals surface area contributed by atoms with Crippen LogP contribution in [0.25, 0.3) is 0 Å². The summed E-state index contributed by atoms with van der Waals surface area (Å²) in [5, 5.41) is 34.8. The third kappa shape index (κ3) is 2.77. The summed E-state index contributed by atoms with van der Waals surface area (Å²) in [6, 6.07) is 0. The number of hydrogen-bond acceptors (Lipinski definition) is 6. The van der Waals surface area contributed by atoms with Gasteiger partial charge in [-0.25, -0.2) is 0 Å². The molecule has 0 aliphatic heterocycles. The number of aliphatic hydroxyl groups excluding tert-OH is 3. The van der Waals surface area contributed by atoms with Crippen molar-refractivity contribution in [1.82, 2.24) is 0 Å². The number of carbonyl (C=O) groups excluding carboxylic acids is 1. The van der Waals surface area contributed by atoms with E-state index in [1.807, 2.05) is 0 Å². The Balaban J connectivity index is 5.22. The maximum absolute atomic E-state index is 11.6. The second-order valence-electron chi connectivity index (χ2n) is 4.14. The van der Waals surface area contributed by atoms with Gasteiger partial charge < -0.3 is 29.6 Å². The monoisotopic (exact) mass is 300 g/mol. The second-order valence-corrected chi connectivity index (χ2v) is 8.39. The molecule has 10 heteroatoms. The van der Waals surface area contributed by atoms with Gasteiger partial charge >= 0.3 is 0 Å². The Labute approximate surface area is 106 Å². The normalized spacial score (nSPS) is 23.8. The van der Waals surface area contributed by atoms with Gasteiger partial charge in [-0.05, 0) is 0 Å². The molecule has 0 heterocycles. The van der Waals surface area contributed by atoms with Crippen molar-refractivity contribution < 1.29 is 29.6 Å². The summed E-state index contributed by atoms with van der Waals surface area (Å²) in [6.45, 7) is -0.667. The molecule has 0 amide bonds. The molecular weight excluding hydrogens is 280 g/mol. The SMILES string of the molecule is O=C([SiH3])[C@]([SiH3])(O[SiH3])[C@](O)([SiH3])[C@H](O)[C@H](O)CO. The number of hydrogen-bond donors (Lipinski definition) is 4. The first-order chi connectivity index (χ1) is 7.15. The Bertz CT molecular complexity index is 261. The quantitative estimate of drug-likeness (QED) is 0.363. The molecule has 96 valence electrons. The molecule has 0 bridgehead atoms. The fourth-order valence-electron chi connectivity index (χ4n) is 1.46. The van der Waals surface area contributed by atoms with Crippen molar-refractivity contribution >= 4 is 46.6 Å². The van der Waals surface area contributed by atoms with E-state index < -0.39 is 29.3 Å². The van der Waals surface area contributed by atoms with Crippen molar-refractivity contribution in [2.75, 3.05) is 6.61 Å². The van der Waals surface area contributed by atoms with Crippen LogP contribution in [0.4, 0.5) is 0 Å². The fourth-order valence-corrected chi connectivity index (χ4v) is 5.43. The van der Waals surface area contributed by atoms with Crippen LogP contribution < -0.4 is 0 Å². The molecule has 0 unspecified atom stereocenters. The van der Waals surface area contributed by atoms with Gasteiger partial charge in [0.1, 0.15) is 38.5 Å². The summed E-state index contributed by atoms with van der Waals surface area (Å²) in [4.78, 5) is 11.6. The number of rotatable bonds is 6. The van der Waals surface area contributed by atoms with Crippen LogP contribution in [0, 0.1) is 0 Å². The molecule has 0 saturated carbocycles. The third-order valence-electron chi connectivity index (χ3n) is 3.17. The predicted octanol–water partition coefficient (Wildman–Crippen LogP) is -7.99. The highest BCUT2D eigenvalue weighted by atomic mass is 28.2. The minimum Gasteiger partial charge on any atom is -0.417 e. The molecule has 6 nitrogen and oxygen atoms in total. The van der Waals surface area contributed by atoms with Crippen molar-refractivity contribution in [3.05, 3.63) is 0 Å². The number of carbonyl (C=O) groups is 1. The van der Waals surface area contributed by atoms with Crippen molar-refractivity contribution in [3.63, 3.8) is 0 Å². The summed E-state index contributed by atoms with van der Waals surface area (Å²) in [5.41, 5.74) is 0. The van der Waals surface area contributed by atoms with E-state index in [0.29, 0.717) is 0 Å². The van der Waals surface area contributed by atoms with Crippen molar-refractivity contribution in [2.24, 2.45) is 0 Å². The van der Waals surface area contributed by atoms with Gasteiger partial charge in [0.25, 0.3) is 0 Å². The van der Waals surface area contributed by atoms with Gasteiger partial charge in [0, 0.05) is 0 Å². The maximum atomic E-state index is 11.6. The van der Waals surface area contributed by atoms with Gasteiger partial charge in [0.15, 0.2) is 0 Å². The summed E-state index contributed by atoms with van der Waals surface area (Å²) in [6.07, 6.45) is -3.03. The van der Waals surface area contributed by atoms with E-state index in [0.717, 1.165) is 0 Å². The Hall–Kier alpha value is 0.338. The predicted molar refractivity (Wildman–Crippen MR) is 72.6 cm³/mol. The highest BCUT2D eigenvalue weighted by Gasteiger charge is 2.52. The molecule has 4 N–H and O–H groups in total. The lowest BCUT2D eigenvalue weighted by molar-refractivity contribution is -0.157. The lowest BCUT2D eigenvalue weighted by atomic mass is 10.0. The smallest absolute Gasteiger partial charge is 0.147 e. The van der Waals surface area contributed by atoms with Crippen LogP contribution >= 0.6 is 0 Å². The topological polar surface area (TPSA) is 107 Å². The minimum absolute atomic E-state index is 0.0675. The van der Waals surface area contributed by atoms with E-state index in [9.17, 15) is 20.1 Å². The summed E-state index contributed by atoms with van der Waals surface area (Å²) < 4.78 is 5.20. The maximum Gasteiger partial charge on any atom is 0.147 e. The van der Waals surface area contributed by atoms with Gasteiger partial charge in [0.2, 0.25) is 0 Å². The van der Waals surface area contributed by atoms with Crippen LogP contribution in [0.3, 0.4) is 0 Å². The van der Waals surface area contributed by atoms with Crippen LogP contribution in [0.2, 0.25) is 0 Å². The average Bonchev–Trinajstić information content (AvgIpc) is 2.24.